The maximum absolute atomic E-state index is 12.0. The Kier molecular flexibility index (Phi) is 6.88. The summed E-state index contributed by atoms with van der Waals surface area (Å²) in [7, 11) is 1.31. The molecule has 0 spiro atoms. The van der Waals surface area contributed by atoms with Crippen molar-refractivity contribution in [3.05, 3.63) is 70.8 Å². The normalized spacial score (nSPS) is 10.5. The molecule has 1 amide bonds. The minimum absolute atomic E-state index is 0.377. The van der Waals surface area contributed by atoms with Gasteiger partial charge in [-0.25, -0.2) is 9.59 Å². The molecule has 6 nitrogen and oxygen atoms in total. The van der Waals surface area contributed by atoms with Gasteiger partial charge in [-0.3, -0.25) is 4.79 Å². The van der Waals surface area contributed by atoms with Crippen LogP contribution in [0.25, 0.3) is 6.08 Å². The van der Waals surface area contributed by atoms with Crippen LogP contribution >= 0.6 is 0 Å². The number of carbonyl (C=O) groups excluding carboxylic acids is 3. The summed E-state index contributed by atoms with van der Waals surface area (Å²) in [6.07, 6.45) is 2.76. The largest absolute Gasteiger partial charge is 0.465 e. The van der Waals surface area contributed by atoms with E-state index in [0.29, 0.717) is 11.1 Å². The Morgan fingerprint density at radius 2 is 1.63 bits per heavy atom. The van der Waals surface area contributed by atoms with Gasteiger partial charge in [-0.1, -0.05) is 30.3 Å². The number of anilines is 1. The number of rotatable bonds is 6. The van der Waals surface area contributed by atoms with E-state index >= 15 is 0 Å². The zero-order chi connectivity index (χ0) is 19.8. The average molecular weight is 367 g/mol. The van der Waals surface area contributed by atoms with Crippen molar-refractivity contribution in [3.63, 3.8) is 0 Å². The Morgan fingerprint density at radius 1 is 1.00 bits per heavy atom. The third-order valence-electron chi connectivity index (χ3n) is 3.83. The lowest BCUT2D eigenvalue weighted by Crippen LogP contribution is -2.21. The number of nitrogens with one attached hydrogen (secondary N) is 1. The minimum Gasteiger partial charge on any atom is -0.465 e. The number of esters is 2. The first-order valence-electron chi connectivity index (χ1n) is 8.30. The standard InChI is InChI=1S/C21H21NO5/c1-14-5-4-6-15(2)20(14)22-18(23)13-27-19(24)12-9-16-7-10-17(11-8-16)21(25)26-3/h4-12H,13H2,1-3H3,(H,22,23)/b12-9+. The van der Waals surface area contributed by atoms with E-state index < -0.39 is 17.8 Å². The minimum atomic E-state index is -0.635. The molecular formula is C21H21NO5. The Balaban J connectivity index is 1.85. The van der Waals surface area contributed by atoms with Gasteiger partial charge in [0.1, 0.15) is 0 Å². The van der Waals surface area contributed by atoms with Crippen molar-refractivity contribution in [2.75, 3.05) is 19.0 Å². The molecule has 0 heterocycles. The first-order chi connectivity index (χ1) is 12.9. The van der Waals surface area contributed by atoms with Gasteiger partial charge in [0.25, 0.3) is 5.91 Å². The topological polar surface area (TPSA) is 81.7 Å². The molecule has 0 saturated heterocycles. The molecule has 2 aromatic rings. The number of amides is 1. The Labute approximate surface area is 157 Å². The summed E-state index contributed by atoms with van der Waals surface area (Å²) in [4.78, 5) is 35.1. The molecule has 0 aromatic heterocycles. The highest BCUT2D eigenvalue weighted by atomic mass is 16.5. The third kappa shape index (κ3) is 5.81. The Hall–Kier alpha value is -3.41. The van der Waals surface area contributed by atoms with E-state index in [1.54, 1.807) is 24.3 Å². The number of para-hydroxylation sites is 1. The fourth-order valence-corrected chi connectivity index (χ4v) is 2.38. The van der Waals surface area contributed by atoms with Gasteiger partial charge >= 0.3 is 11.9 Å². The predicted octanol–water partition coefficient (Wildman–Crippen LogP) is 3.29. The molecule has 0 aliphatic heterocycles. The lowest BCUT2D eigenvalue weighted by atomic mass is 10.1. The zero-order valence-corrected chi connectivity index (χ0v) is 15.4. The van der Waals surface area contributed by atoms with Crippen LogP contribution in [0.2, 0.25) is 0 Å². The molecule has 0 aliphatic carbocycles. The van der Waals surface area contributed by atoms with Crippen molar-refractivity contribution < 1.29 is 23.9 Å². The average Bonchev–Trinajstić information content (AvgIpc) is 2.67. The highest BCUT2D eigenvalue weighted by Crippen LogP contribution is 2.19. The van der Waals surface area contributed by atoms with Crippen LogP contribution in [0, 0.1) is 13.8 Å². The van der Waals surface area contributed by atoms with Crippen LogP contribution in [0.1, 0.15) is 27.0 Å². The summed E-state index contributed by atoms with van der Waals surface area (Å²) in [6.45, 7) is 3.41. The number of aryl methyl sites for hydroxylation is 2. The molecule has 6 heteroatoms. The maximum atomic E-state index is 12.0. The molecule has 1 N–H and O–H groups in total. The second-order valence-corrected chi connectivity index (χ2v) is 5.87. The molecule has 2 aromatic carbocycles. The highest BCUT2D eigenvalue weighted by molar-refractivity contribution is 5.95. The molecule has 2 rings (SSSR count). The quantitative estimate of drug-likeness (QED) is 0.626. The Morgan fingerprint density at radius 3 is 2.22 bits per heavy atom. The number of ether oxygens (including phenoxy) is 2. The lowest BCUT2D eigenvalue weighted by Gasteiger charge is -2.11. The Bertz CT molecular complexity index is 848. The van der Waals surface area contributed by atoms with E-state index in [-0.39, 0.29) is 6.61 Å². The van der Waals surface area contributed by atoms with Crippen molar-refractivity contribution in [1.29, 1.82) is 0 Å². The van der Waals surface area contributed by atoms with Gasteiger partial charge in [-0.05, 0) is 48.7 Å². The molecule has 140 valence electrons. The van der Waals surface area contributed by atoms with E-state index in [1.165, 1.54) is 19.3 Å². The van der Waals surface area contributed by atoms with Crippen molar-refractivity contribution in [1.82, 2.24) is 0 Å². The summed E-state index contributed by atoms with van der Waals surface area (Å²) >= 11 is 0. The van der Waals surface area contributed by atoms with E-state index in [0.717, 1.165) is 16.8 Å². The summed E-state index contributed by atoms with van der Waals surface area (Å²) in [5.74, 6) is -1.47. The number of benzene rings is 2. The van der Waals surface area contributed by atoms with Gasteiger partial charge in [0, 0.05) is 11.8 Å². The van der Waals surface area contributed by atoms with Gasteiger partial charge in [-0.2, -0.15) is 0 Å². The second-order valence-electron chi connectivity index (χ2n) is 5.87. The van der Waals surface area contributed by atoms with Crippen LogP contribution in [-0.4, -0.2) is 31.6 Å². The van der Waals surface area contributed by atoms with E-state index in [2.05, 4.69) is 10.1 Å². The van der Waals surface area contributed by atoms with Crippen molar-refractivity contribution in [2.24, 2.45) is 0 Å². The predicted molar refractivity (Wildman–Crippen MR) is 102 cm³/mol. The molecule has 0 saturated carbocycles. The van der Waals surface area contributed by atoms with Gasteiger partial charge in [0.15, 0.2) is 6.61 Å². The molecule has 0 bridgehead atoms. The van der Waals surface area contributed by atoms with Gasteiger partial charge in [0.05, 0.1) is 12.7 Å². The fourth-order valence-electron chi connectivity index (χ4n) is 2.38. The monoisotopic (exact) mass is 367 g/mol. The van der Waals surface area contributed by atoms with E-state index in [9.17, 15) is 14.4 Å². The fraction of sp³-hybridized carbons (Fsp3) is 0.190. The molecule has 0 radical (unpaired) electrons. The summed E-state index contributed by atoms with van der Waals surface area (Å²) in [5, 5.41) is 2.75. The van der Waals surface area contributed by atoms with Crippen LogP contribution in [0.3, 0.4) is 0 Å². The van der Waals surface area contributed by atoms with E-state index in [4.69, 9.17) is 4.74 Å². The summed E-state index contributed by atoms with van der Waals surface area (Å²) in [5.41, 5.74) is 3.72. The first-order valence-corrected chi connectivity index (χ1v) is 8.30. The highest BCUT2D eigenvalue weighted by Gasteiger charge is 2.09. The number of carbonyl (C=O) groups is 3. The van der Waals surface area contributed by atoms with Crippen LogP contribution in [0.4, 0.5) is 5.69 Å². The summed E-state index contributed by atoms with van der Waals surface area (Å²) in [6, 6.07) is 12.2. The number of hydrogen-bond acceptors (Lipinski definition) is 5. The molecule has 27 heavy (non-hydrogen) atoms. The summed E-state index contributed by atoms with van der Waals surface area (Å²) < 4.78 is 9.56. The van der Waals surface area contributed by atoms with Gasteiger partial charge in [0.2, 0.25) is 0 Å². The van der Waals surface area contributed by atoms with Crippen LogP contribution in [-0.2, 0) is 19.1 Å². The second kappa shape index (κ2) is 9.33. The van der Waals surface area contributed by atoms with Crippen LogP contribution < -0.4 is 5.32 Å². The van der Waals surface area contributed by atoms with Crippen molar-refractivity contribution in [3.8, 4) is 0 Å². The van der Waals surface area contributed by atoms with Crippen molar-refractivity contribution in [2.45, 2.75) is 13.8 Å². The SMILES string of the molecule is COC(=O)c1ccc(/C=C/C(=O)OCC(=O)Nc2c(C)cccc2C)cc1. The number of methoxy groups -OCH3 is 1. The molecule has 0 aliphatic rings. The number of hydrogen-bond donors (Lipinski definition) is 1. The van der Waals surface area contributed by atoms with Crippen molar-refractivity contribution >= 4 is 29.6 Å². The molecule has 0 fully saturated rings. The van der Waals surface area contributed by atoms with Gasteiger partial charge < -0.3 is 14.8 Å². The first kappa shape index (κ1) is 19.9. The molecule has 0 unspecified atom stereocenters. The lowest BCUT2D eigenvalue weighted by molar-refractivity contribution is -0.142. The van der Waals surface area contributed by atoms with Crippen LogP contribution in [0.5, 0.6) is 0 Å². The van der Waals surface area contributed by atoms with Gasteiger partial charge in [-0.15, -0.1) is 0 Å². The molecular weight excluding hydrogens is 346 g/mol. The smallest absolute Gasteiger partial charge is 0.337 e. The van der Waals surface area contributed by atoms with E-state index in [1.807, 2.05) is 32.0 Å². The van der Waals surface area contributed by atoms with Crippen LogP contribution in [0.15, 0.2) is 48.5 Å². The zero-order valence-electron chi connectivity index (χ0n) is 15.4. The molecule has 0 atom stereocenters. The maximum Gasteiger partial charge on any atom is 0.337 e. The third-order valence-corrected chi connectivity index (χ3v) is 3.83.